The van der Waals surface area contributed by atoms with Crippen LogP contribution in [0.15, 0.2) is 47.9 Å². The number of pyridine rings is 2. The van der Waals surface area contributed by atoms with E-state index in [1.165, 1.54) is 11.9 Å². The maximum atomic E-state index is 5.43. The molecule has 2 fully saturated rings. The third-order valence-electron chi connectivity index (χ3n) is 6.17. The lowest BCUT2D eigenvalue weighted by Crippen LogP contribution is -2.66. The van der Waals surface area contributed by atoms with Gasteiger partial charge in [0.05, 0.1) is 25.2 Å². The summed E-state index contributed by atoms with van der Waals surface area (Å²) >= 11 is 1.56. The molecular formula is C23H27N7O2S. The minimum absolute atomic E-state index is 0.341. The molecule has 1 atom stereocenters. The van der Waals surface area contributed by atoms with Crippen molar-refractivity contribution in [3.05, 3.63) is 48.5 Å². The molecule has 10 heteroatoms. The van der Waals surface area contributed by atoms with E-state index in [9.17, 15) is 0 Å². The highest BCUT2D eigenvalue weighted by Gasteiger charge is 2.50. The molecule has 3 aromatic rings. The SMILES string of the molecule is COc1ccnc(Nc2cc(Nc3ccc(C(C)N4CC5(COC5)C4)cn3)ncn2)c1SC. The standard InChI is InChI=1S/C23H27N7O2S/c1-15(30-10-23(11-30)12-32-13-23)16-4-5-18(25-9-16)28-19-8-20(27-14-26-19)29-22-21(33-3)17(31-2)6-7-24-22/h4-9,14-15H,10-13H2,1-3H3,(H2,24,25,26,27,28,29). The number of nitrogens with one attached hydrogen (secondary N) is 2. The molecule has 0 bridgehead atoms. The fraction of sp³-hybridized carbons (Fsp3) is 0.391. The molecule has 2 saturated heterocycles. The third kappa shape index (κ3) is 4.46. The van der Waals surface area contributed by atoms with Crippen LogP contribution in [-0.2, 0) is 4.74 Å². The summed E-state index contributed by atoms with van der Waals surface area (Å²) in [6.07, 6.45) is 7.12. The quantitative estimate of drug-likeness (QED) is 0.477. The number of aromatic nitrogens is 4. The van der Waals surface area contributed by atoms with Crippen LogP contribution in [0.1, 0.15) is 18.5 Å². The summed E-state index contributed by atoms with van der Waals surface area (Å²) < 4.78 is 10.8. The number of anilines is 4. The monoisotopic (exact) mass is 465 g/mol. The summed E-state index contributed by atoms with van der Waals surface area (Å²) in [5.74, 6) is 3.45. The van der Waals surface area contributed by atoms with Gasteiger partial charge >= 0.3 is 0 Å². The molecule has 1 unspecified atom stereocenters. The van der Waals surface area contributed by atoms with Crippen molar-refractivity contribution in [2.75, 3.05) is 50.3 Å². The van der Waals surface area contributed by atoms with Crippen LogP contribution in [0.4, 0.5) is 23.3 Å². The fourth-order valence-electron chi connectivity index (χ4n) is 4.22. The van der Waals surface area contributed by atoms with E-state index in [-0.39, 0.29) is 0 Å². The lowest BCUT2D eigenvalue weighted by atomic mass is 9.77. The molecule has 0 saturated carbocycles. The van der Waals surface area contributed by atoms with Crippen LogP contribution in [-0.4, -0.2) is 64.5 Å². The number of rotatable bonds is 8. The Morgan fingerprint density at radius 2 is 1.85 bits per heavy atom. The molecule has 0 aromatic carbocycles. The minimum Gasteiger partial charge on any atom is -0.495 e. The fourth-order valence-corrected chi connectivity index (χ4v) is 4.87. The van der Waals surface area contributed by atoms with Crippen molar-refractivity contribution in [3.8, 4) is 5.75 Å². The first-order valence-corrected chi connectivity index (χ1v) is 12.0. The van der Waals surface area contributed by atoms with Gasteiger partial charge in [0, 0.05) is 43.0 Å². The molecule has 2 aliphatic rings. The predicted octanol–water partition coefficient (Wildman–Crippen LogP) is 3.88. The first-order valence-electron chi connectivity index (χ1n) is 10.8. The van der Waals surface area contributed by atoms with Gasteiger partial charge in [-0.1, -0.05) is 6.07 Å². The number of thioether (sulfide) groups is 1. The maximum Gasteiger partial charge on any atom is 0.148 e. The molecule has 9 nitrogen and oxygen atoms in total. The Morgan fingerprint density at radius 3 is 2.48 bits per heavy atom. The van der Waals surface area contributed by atoms with E-state index in [4.69, 9.17) is 9.47 Å². The number of methoxy groups -OCH3 is 1. The van der Waals surface area contributed by atoms with Crippen LogP contribution >= 0.6 is 11.8 Å². The van der Waals surface area contributed by atoms with E-state index in [0.717, 1.165) is 42.8 Å². The van der Waals surface area contributed by atoms with Crippen molar-refractivity contribution in [1.29, 1.82) is 0 Å². The van der Waals surface area contributed by atoms with Gasteiger partial charge in [-0.3, -0.25) is 4.90 Å². The Balaban J connectivity index is 1.24. The predicted molar refractivity (Wildman–Crippen MR) is 129 cm³/mol. The second-order valence-electron chi connectivity index (χ2n) is 8.48. The lowest BCUT2D eigenvalue weighted by molar-refractivity contribution is -0.197. The van der Waals surface area contributed by atoms with Crippen LogP contribution in [0.2, 0.25) is 0 Å². The van der Waals surface area contributed by atoms with Crippen LogP contribution in [0.3, 0.4) is 0 Å². The average molecular weight is 466 g/mol. The van der Waals surface area contributed by atoms with Crippen molar-refractivity contribution in [2.24, 2.45) is 5.41 Å². The topological polar surface area (TPSA) is 97.3 Å². The molecule has 0 aliphatic carbocycles. The van der Waals surface area contributed by atoms with Gasteiger partial charge in [-0.05, 0) is 30.9 Å². The second-order valence-corrected chi connectivity index (χ2v) is 9.30. The van der Waals surface area contributed by atoms with Gasteiger partial charge in [0.2, 0.25) is 0 Å². The molecule has 5 rings (SSSR count). The highest BCUT2D eigenvalue weighted by Crippen LogP contribution is 2.41. The number of hydrogen-bond acceptors (Lipinski definition) is 10. The van der Waals surface area contributed by atoms with Gasteiger partial charge < -0.3 is 20.1 Å². The molecule has 5 heterocycles. The minimum atomic E-state index is 0.341. The first-order chi connectivity index (χ1) is 16.1. The smallest absolute Gasteiger partial charge is 0.148 e. The second kappa shape index (κ2) is 9.12. The Labute approximate surface area is 197 Å². The molecule has 3 aromatic heterocycles. The van der Waals surface area contributed by atoms with E-state index in [0.29, 0.717) is 28.9 Å². The summed E-state index contributed by atoms with van der Waals surface area (Å²) in [6, 6.07) is 8.10. The maximum absolute atomic E-state index is 5.43. The number of likely N-dealkylation sites (tertiary alicyclic amines) is 1. The first kappa shape index (κ1) is 21.9. The Kier molecular flexibility index (Phi) is 6.05. The molecule has 33 heavy (non-hydrogen) atoms. The zero-order valence-corrected chi connectivity index (χ0v) is 19.7. The molecule has 0 amide bonds. The van der Waals surface area contributed by atoms with Gasteiger partial charge in [-0.15, -0.1) is 11.8 Å². The Morgan fingerprint density at radius 1 is 1.06 bits per heavy atom. The van der Waals surface area contributed by atoms with Crippen molar-refractivity contribution < 1.29 is 9.47 Å². The number of ether oxygens (including phenoxy) is 2. The average Bonchev–Trinajstić information content (AvgIpc) is 2.77. The molecule has 2 aliphatic heterocycles. The summed E-state index contributed by atoms with van der Waals surface area (Å²) in [4.78, 5) is 21.0. The van der Waals surface area contributed by atoms with Crippen LogP contribution in [0.25, 0.3) is 0 Å². The Bertz CT molecular complexity index is 1120. The zero-order chi connectivity index (χ0) is 22.8. The Hall–Kier alpha value is -2.95. The molecule has 172 valence electrons. The number of hydrogen-bond donors (Lipinski definition) is 2. The molecule has 2 N–H and O–H groups in total. The van der Waals surface area contributed by atoms with Crippen LogP contribution in [0, 0.1) is 5.41 Å². The summed E-state index contributed by atoms with van der Waals surface area (Å²) in [7, 11) is 1.65. The van der Waals surface area contributed by atoms with Gasteiger partial charge in [-0.2, -0.15) is 0 Å². The van der Waals surface area contributed by atoms with E-state index in [1.807, 2.05) is 30.7 Å². The highest BCUT2D eigenvalue weighted by atomic mass is 32.2. The van der Waals surface area contributed by atoms with Gasteiger partial charge in [0.1, 0.15) is 35.3 Å². The largest absolute Gasteiger partial charge is 0.495 e. The number of nitrogens with zero attached hydrogens (tertiary/aromatic N) is 5. The summed E-state index contributed by atoms with van der Waals surface area (Å²) in [5, 5.41) is 6.51. The van der Waals surface area contributed by atoms with Crippen molar-refractivity contribution in [3.63, 3.8) is 0 Å². The van der Waals surface area contributed by atoms with E-state index in [1.54, 1.807) is 25.1 Å². The highest BCUT2D eigenvalue weighted by molar-refractivity contribution is 7.98. The third-order valence-corrected chi connectivity index (χ3v) is 6.97. The molecule has 0 radical (unpaired) electrons. The van der Waals surface area contributed by atoms with Gasteiger partial charge in [0.25, 0.3) is 0 Å². The summed E-state index contributed by atoms with van der Waals surface area (Å²) in [5.41, 5.74) is 1.62. The molecule has 1 spiro atoms. The van der Waals surface area contributed by atoms with Crippen molar-refractivity contribution in [1.82, 2.24) is 24.8 Å². The normalized spacial score (nSPS) is 17.7. The lowest BCUT2D eigenvalue weighted by Gasteiger charge is -2.57. The van der Waals surface area contributed by atoms with Crippen molar-refractivity contribution in [2.45, 2.75) is 17.9 Å². The summed E-state index contributed by atoms with van der Waals surface area (Å²) in [6.45, 7) is 6.24. The van der Waals surface area contributed by atoms with E-state index < -0.39 is 0 Å². The van der Waals surface area contributed by atoms with E-state index in [2.05, 4.69) is 48.5 Å². The van der Waals surface area contributed by atoms with E-state index >= 15 is 0 Å². The zero-order valence-electron chi connectivity index (χ0n) is 18.9. The molecular weight excluding hydrogens is 438 g/mol. The van der Waals surface area contributed by atoms with Gasteiger partial charge in [0.15, 0.2) is 0 Å². The van der Waals surface area contributed by atoms with Gasteiger partial charge in [-0.25, -0.2) is 19.9 Å². The van der Waals surface area contributed by atoms with Crippen LogP contribution in [0.5, 0.6) is 5.75 Å². The van der Waals surface area contributed by atoms with Crippen LogP contribution < -0.4 is 15.4 Å². The van der Waals surface area contributed by atoms with Crippen molar-refractivity contribution >= 4 is 35.0 Å².